The molecular formula is C22H24N4O3. The van der Waals surface area contributed by atoms with Crippen LogP contribution in [0.25, 0.3) is 11.5 Å². The van der Waals surface area contributed by atoms with Gasteiger partial charge in [-0.1, -0.05) is 29.4 Å². The molecule has 7 nitrogen and oxygen atoms in total. The van der Waals surface area contributed by atoms with Crippen LogP contribution in [-0.2, 0) is 17.8 Å². The van der Waals surface area contributed by atoms with Crippen molar-refractivity contribution < 1.29 is 14.1 Å². The summed E-state index contributed by atoms with van der Waals surface area (Å²) in [5.74, 6) is 0.920. The van der Waals surface area contributed by atoms with Gasteiger partial charge in [-0.15, -0.1) is 0 Å². The standard InChI is InChI=1S/C22H24N4O3/c1-16-24-22(29-25-16)18-8-6-17(7-9-18)21(27)23-14-19-4-2-3-5-20(19)15-26-10-12-28-13-11-26/h2-9H,10-15H2,1H3,(H,23,27). The van der Waals surface area contributed by atoms with Crippen molar-refractivity contribution in [1.29, 1.82) is 0 Å². The van der Waals surface area contributed by atoms with Crippen molar-refractivity contribution >= 4 is 5.91 Å². The van der Waals surface area contributed by atoms with Gasteiger partial charge in [0.2, 0.25) is 0 Å². The van der Waals surface area contributed by atoms with E-state index in [1.807, 2.05) is 24.3 Å². The zero-order valence-electron chi connectivity index (χ0n) is 16.4. The fraction of sp³-hybridized carbons (Fsp3) is 0.318. The number of carbonyl (C=O) groups excluding carboxylic acids is 1. The smallest absolute Gasteiger partial charge is 0.257 e. The molecule has 2 heterocycles. The van der Waals surface area contributed by atoms with Crippen molar-refractivity contribution in [1.82, 2.24) is 20.4 Å². The summed E-state index contributed by atoms with van der Waals surface area (Å²) in [5, 5.41) is 6.81. The molecule has 1 amide bonds. The Labute approximate surface area is 169 Å². The third-order valence-corrected chi connectivity index (χ3v) is 4.98. The molecule has 0 radical (unpaired) electrons. The highest BCUT2D eigenvalue weighted by molar-refractivity contribution is 5.94. The van der Waals surface area contributed by atoms with Gasteiger partial charge in [0.1, 0.15) is 0 Å². The molecule has 0 bridgehead atoms. The zero-order valence-corrected chi connectivity index (χ0v) is 16.4. The lowest BCUT2D eigenvalue weighted by Crippen LogP contribution is -2.36. The Morgan fingerprint density at radius 2 is 1.79 bits per heavy atom. The van der Waals surface area contributed by atoms with E-state index in [0.29, 0.717) is 23.8 Å². The van der Waals surface area contributed by atoms with Gasteiger partial charge < -0.3 is 14.6 Å². The summed E-state index contributed by atoms with van der Waals surface area (Å²) in [4.78, 5) is 19.2. The normalized spacial score (nSPS) is 14.7. The van der Waals surface area contributed by atoms with Gasteiger partial charge in [-0.2, -0.15) is 4.98 Å². The number of ether oxygens (including phenoxy) is 1. The zero-order chi connectivity index (χ0) is 20.1. The average Bonchev–Trinajstić information content (AvgIpc) is 3.20. The van der Waals surface area contributed by atoms with E-state index < -0.39 is 0 Å². The van der Waals surface area contributed by atoms with Crippen LogP contribution in [0.15, 0.2) is 53.1 Å². The molecule has 1 saturated heterocycles. The van der Waals surface area contributed by atoms with Gasteiger partial charge >= 0.3 is 0 Å². The highest BCUT2D eigenvalue weighted by atomic mass is 16.5. The van der Waals surface area contributed by atoms with Crippen LogP contribution < -0.4 is 5.32 Å². The third kappa shape index (κ3) is 4.88. The molecule has 3 aromatic rings. The van der Waals surface area contributed by atoms with Gasteiger partial charge in [0.25, 0.3) is 11.8 Å². The minimum Gasteiger partial charge on any atom is -0.379 e. The quantitative estimate of drug-likeness (QED) is 0.695. The Kier molecular flexibility index (Phi) is 5.97. The molecule has 1 N–H and O–H groups in total. The molecule has 1 aromatic heterocycles. The number of hydrogen-bond donors (Lipinski definition) is 1. The van der Waals surface area contributed by atoms with Crippen LogP contribution in [0.5, 0.6) is 0 Å². The molecule has 29 heavy (non-hydrogen) atoms. The number of nitrogens with one attached hydrogen (secondary N) is 1. The Hall–Kier alpha value is -3.03. The van der Waals surface area contributed by atoms with Crippen molar-refractivity contribution in [3.63, 3.8) is 0 Å². The highest BCUT2D eigenvalue weighted by Gasteiger charge is 2.14. The molecular weight excluding hydrogens is 368 g/mol. The third-order valence-electron chi connectivity index (χ3n) is 4.98. The fourth-order valence-electron chi connectivity index (χ4n) is 3.34. The van der Waals surface area contributed by atoms with Crippen molar-refractivity contribution in [3.05, 3.63) is 71.0 Å². The number of morpholine rings is 1. The first-order chi connectivity index (χ1) is 14.2. The molecule has 2 aromatic carbocycles. The molecule has 0 spiro atoms. The Bertz CT molecular complexity index is 962. The van der Waals surface area contributed by atoms with Crippen LogP contribution in [0.2, 0.25) is 0 Å². The van der Waals surface area contributed by atoms with E-state index >= 15 is 0 Å². The summed E-state index contributed by atoms with van der Waals surface area (Å²) < 4.78 is 10.6. The number of carbonyl (C=O) groups is 1. The number of hydrogen-bond acceptors (Lipinski definition) is 6. The van der Waals surface area contributed by atoms with Crippen molar-refractivity contribution in [3.8, 4) is 11.5 Å². The van der Waals surface area contributed by atoms with Crippen LogP contribution >= 0.6 is 0 Å². The molecule has 1 aliphatic heterocycles. The lowest BCUT2D eigenvalue weighted by molar-refractivity contribution is 0.0340. The molecule has 1 aliphatic rings. The minimum absolute atomic E-state index is 0.112. The summed E-state index contributed by atoms with van der Waals surface area (Å²) in [6, 6.07) is 15.4. The summed E-state index contributed by atoms with van der Waals surface area (Å²) >= 11 is 0. The average molecular weight is 392 g/mol. The summed E-state index contributed by atoms with van der Waals surface area (Å²) in [6.45, 7) is 6.55. The molecule has 0 unspecified atom stereocenters. The number of amides is 1. The van der Waals surface area contributed by atoms with Gasteiger partial charge in [0.15, 0.2) is 5.82 Å². The first-order valence-corrected chi connectivity index (χ1v) is 9.75. The van der Waals surface area contributed by atoms with Crippen molar-refractivity contribution in [2.24, 2.45) is 0 Å². The summed E-state index contributed by atoms with van der Waals surface area (Å²) in [7, 11) is 0. The molecule has 0 atom stereocenters. The van der Waals surface area contributed by atoms with E-state index in [9.17, 15) is 4.79 Å². The first-order valence-electron chi connectivity index (χ1n) is 9.75. The maximum absolute atomic E-state index is 12.6. The summed E-state index contributed by atoms with van der Waals surface area (Å²) in [6.07, 6.45) is 0. The fourth-order valence-corrected chi connectivity index (χ4v) is 3.34. The van der Waals surface area contributed by atoms with E-state index in [2.05, 4.69) is 32.5 Å². The second-order valence-electron chi connectivity index (χ2n) is 7.06. The van der Waals surface area contributed by atoms with Crippen LogP contribution in [0.4, 0.5) is 0 Å². The number of aryl methyl sites for hydroxylation is 1. The van der Waals surface area contributed by atoms with Crippen LogP contribution in [-0.4, -0.2) is 47.3 Å². The van der Waals surface area contributed by atoms with Gasteiger partial charge in [-0.05, 0) is 42.3 Å². The number of rotatable bonds is 6. The predicted octanol–water partition coefficient (Wildman–Crippen LogP) is 2.81. The van der Waals surface area contributed by atoms with Crippen LogP contribution in [0, 0.1) is 6.92 Å². The van der Waals surface area contributed by atoms with E-state index in [1.165, 1.54) is 5.56 Å². The molecule has 1 fully saturated rings. The maximum Gasteiger partial charge on any atom is 0.257 e. The number of benzene rings is 2. The Morgan fingerprint density at radius 3 is 2.48 bits per heavy atom. The van der Waals surface area contributed by atoms with E-state index in [0.717, 1.165) is 44.0 Å². The first kappa shape index (κ1) is 19.3. The largest absolute Gasteiger partial charge is 0.379 e. The lowest BCUT2D eigenvalue weighted by Gasteiger charge is -2.27. The molecule has 4 rings (SSSR count). The monoisotopic (exact) mass is 392 g/mol. The highest BCUT2D eigenvalue weighted by Crippen LogP contribution is 2.18. The molecule has 0 saturated carbocycles. The Morgan fingerprint density at radius 1 is 1.07 bits per heavy atom. The van der Waals surface area contributed by atoms with E-state index in [-0.39, 0.29) is 5.91 Å². The van der Waals surface area contributed by atoms with Gasteiger partial charge in [-0.3, -0.25) is 9.69 Å². The molecule has 7 heteroatoms. The summed E-state index contributed by atoms with van der Waals surface area (Å²) in [5.41, 5.74) is 3.75. The number of nitrogens with zero attached hydrogens (tertiary/aromatic N) is 3. The van der Waals surface area contributed by atoms with Crippen LogP contribution in [0.1, 0.15) is 27.3 Å². The van der Waals surface area contributed by atoms with Crippen molar-refractivity contribution in [2.75, 3.05) is 26.3 Å². The van der Waals surface area contributed by atoms with Gasteiger partial charge in [0.05, 0.1) is 13.2 Å². The van der Waals surface area contributed by atoms with E-state index in [4.69, 9.17) is 9.26 Å². The van der Waals surface area contributed by atoms with Crippen molar-refractivity contribution in [2.45, 2.75) is 20.0 Å². The maximum atomic E-state index is 12.6. The van der Waals surface area contributed by atoms with Gasteiger partial charge in [-0.25, -0.2) is 0 Å². The lowest BCUT2D eigenvalue weighted by atomic mass is 10.1. The Balaban J connectivity index is 1.38. The molecule has 150 valence electrons. The number of aromatic nitrogens is 2. The van der Waals surface area contributed by atoms with Gasteiger partial charge in [0, 0.05) is 37.3 Å². The second-order valence-corrected chi connectivity index (χ2v) is 7.06. The predicted molar refractivity (Wildman–Crippen MR) is 108 cm³/mol. The second kappa shape index (κ2) is 8.98. The van der Waals surface area contributed by atoms with Crippen LogP contribution in [0.3, 0.4) is 0 Å². The SMILES string of the molecule is Cc1noc(-c2ccc(C(=O)NCc3ccccc3CN3CCOCC3)cc2)n1. The topological polar surface area (TPSA) is 80.5 Å². The molecule has 0 aliphatic carbocycles. The van der Waals surface area contributed by atoms with E-state index in [1.54, 1.807) is 19.1 Å². The minimum atomic E-state index is -0.112.